The topological polar surface area (TPSA) is 65.7 Å². The molecule has 0 unspecified atom stereocenters. The molecule has 0 atom stereocenters. The Hall–Kier alpha value is -3.57. The van der Waals surface area contributed by atoms with E-state index in [1.807, 2.05) is 24.3 Å². The maximum atomic E-state index is 13.4. The van der Waals surface area contributed by atoms with E-state index in [9.17, 15) is 9.59 Å². The van der Waals surface area contributed by atoms with Gasteiger partial charge in [-0.05, 0) is 53.4 Å². The largest absolute Gasteiger partial charge is 0.497 e. The summed E-state index contributed by atoms with van der Waals surface area (Å²) in [6.07, 6.45) is 0. The van der Waals surface area contributed by atoms with Gasteiger partial charge in [-0.1, -0.05) is 56.6 Å². The van der Waals surface area contributed by atoms with Crippen molar-refractivity contribution in [1.82, 2.24) is 0 Å². The number of ether oxygens (including phenoxy) is 2. The van der Waals surface area contributed by atoms with Crippen molar-refractivity contribution in [2.75, 3.05) is 7.11 Å². The molecule has 6 heteroatoms. The molecule has 0 saturated heterocycles. The fourth-order valence-corrected chi connectivity index (χ4v) is 3.61. The zero-order chi connectivity index (χ0) is 23.8. The van der Waals surface area contributed by atoms with E-state index >= 15 is 0 Å². The second-order valence-corrected chi connectivity index (χ2v) is 9.11. The first-order chi connectivity index (χ1) is 15.7. The lowest BCUT2D eigenvalue weighted by atomic mass is 9.86. The number of halogens is 1. The van der Waals surface area contributed by atoms with Gasteiger partial charge in [0.25, 0.3) is 0 Å². The van der Waals surface area contributed by atoms with E-state index in [1.165, 1.54) is 13.2 Å². The Labute approximate surface area is 196 Å². The molecule has 0 saturated carbocycles. The minimum absolute atomic E-state index is 0.0385. The van der Waals surface area contributed by atoms with Crippen LogP contribution in [0, 0.1) is 0 Å². The summed E-state index contributed by atoms with van der Waals surface area (Å²) in [7, 11) is 1.54. The van der Waals surface area contributed by atoms with E-state index in [-0.39, 0.29) is 27.9 Å². The van der Waals surface area contributed by atoms with E-state index in [1.54, 1.807) is 36.4 Å². The Kier molecular flexibility index (Phi) is 6.00. The van der Waals surface area contributed by atoms with Crippen molar-refractivity contribution >= 4 is 28.5 Å². The first-order valence-electron chi connectivity index (χ1n) is 10.4. The van der Waals surface area contributed by atoms with Crippen LogP contribution in [-0.4, -0.2) is 13.1 Å². The highest BCUT2D eigenvalue weighted by molar-refractivity contribution is 6.31. The summed E-state index contributed by atoms with van der Waals surface area (Å²) < 4.78 is 16.8. The number of esters is 1. The lowest BCUT2D eigenvalue weighted by Gasteiger charge is -2.19. The minimum Gasteiger partial charge on any atom is -0.497 e. The molecule has 4 rings (SSSR count). The highest BCUT2D eigenvalue weighted by Crippen LogP contribution is 2.34. The van der Waals surface area contributed by atoms with Crippen molar-refractivity contribution in [3.05, 3.63) is 93.1 Å². The van der Waals surface area contributed by atoms with Crippen LogP contribution in [0.25, 0.3) is 22.3 Å². The lowest BCUT2D eigenvalue weighted by molar-refractivity contribution is 0.0731. The van der Waals surface area contributed by atoms with Gasteiger partial charge in [0.05, 0.1) is 18.1 Å². The predicted octanol–water partition coefficient (Wildman–Crippen LogP) is 6.64. The van der Waals surface area contributed by atoms with Gasteiger partial charge >= 0.3 is 5.97 Å². The van der Waals surface area contributed by atoms with Gasteiger partial charge in [-0.2, -0.15) is 0 Å². The third kappa shape index (κ3) is 4.64. The number of rotatable bonds is 4. The van der Waals surface area contributed by atoms with Crippen LogP contribution in [0.5, 0.6) is 11.5 Å². The molecule has 0 aliphatic rings. The monoisotopic (exact) mass is 462 g/mol. The van der Waals surface area contributed by atoms with Crippen molar-refractivity contribution < 1.29 is 18.7 Å². The van der Waals surface area contributed by atoms with Crippen LogP contribution in [0.2, 0.25) is 5.02 Å². The third-order valence-electron chi connectivity index (χ3n) is 5.34. The number of methoxy groups -OCH3 is 1. The number of benzene rings is 3. The number of carbonyl (C=O) groups excluding carboxylic acids is 1. The van der Waals surface area contributed by atoms with Crippen LogP contribution in [0.4, 0.5) is 0 Å². The molecule has 1 heterocycles. The summed E-state index contributed by atoms with van der Waals surface area (Å²) in [5.41, 5.74) is 1.85. The van der Waals surface area contributed by atoms with Crippen LogP contribution in [0.15, 0.2) is 75.9 Å². The summed E-state index contributed by atoms with van der Waals surface area (Å²) in [6.45, 7) is 6.35. The SMILES string of the molecule is COc1ccc(C(=O)Oc2c(-c3ccc(C(C)(C)C)cc3)oc3ccc(Cl)cc3c2=O)cc1. The van der Waals surface area contributed by atoms with Crippen molar-refractivity contribution in [3.63, 3.8) is 0 Å². The lowest BCUT2D eigenvalue weighted by Crippen LogP contribution is -2.16. The molecular weight excluding hydrogens is 440 g/mol. The van der Waals surface area contributed by atoms with Gasteiger partial charge in [0.1, 0.15) is 11.3 Å². The summed E-state index contributed by atoms with van der Waals surface area (Å²) in [5, 5.41) is 0.611. The second kappa shape index (κ2) is 8.75. The van der Waals surface area contributed by atoms with Gasteiger partial charge in [-0.15, -0.1) is 0 Å². The van der Waals surface area contributed by atoms with Crippen molar-refractivity contribution in [2.24, 2.45) is 0 Å². The molecule has 1 aromatic heterocycles. The molecule has 0 aliphatic heterocycles. The molecule has 0 bridgehead atoms. The number of fused-ring (bicyclic) bond motifs is 1. The van der Waals surface area contributed by atoms with Crippen LogP contribution in [0.1, 0.15) is 36.7 Å². The number of hydrogen-bond donors (Lipinski definition) is 0. The Morgan fingerprint density at radius 1 is 0.939 bits per heavy atom. The average Bonchev–Trinajstić information content (AvgIpc) is 2.80. The van der Waals surface area contributed by atoms with Gasteiger partial charge in [0.15, 0.2) is 5.76 Å². The third-order valence-corrected chi connectivity index (χ3v) is 5.58. The van der Waals surface area contributed by atoms with Crippen LogP contribution in [0.3, 0.4) is 0 Å². The van der Waals surface area contributed by atoms with E-state index in [0.717, 1.165) is 5.56 Å². The average molecular weight is 463 g/mol. The molecule has 0 fully saturated rings. The molecule has 0 radical (unpaired) electrons. The maximum Gasteiger partial charge on any atom is 0.343 e. The van der Waals surface area contributed by atoms with Gasteiger partial charge < -0.3 is 13.9 Å². The normalized spacial score (nSPS) is 11.4. The van der Waals surface area contributed by atoms with E-state index < -0.39 is 11.4 Å². The molecule has 0 spiro atoms. The highest BCUT2D eigenvalue weighted by atomic mass is 35.5. The number of carbonyl (C=O) groups is 1. The Morgan fingerprint density at radius 2 is 1.61 bits per heavy atom. The van der Waals surface area contributed by atoms with Crippen LogP contribution < -0.4 is 14.9 Å². The van der Waals surface area contributed by atoms with Crippen molar-refractivity contribution in [1.29, 1.82) is 0 Å². The standard InChI is InChI=1S/C27H23ClO5/c1-27(2,3)18-9-5-16(6-10-18)24-25(23(29)21-15-19(28)11-14-22(21)32-24)33-26(30)17-7-12-20(31-4)13-8-17/h5-15H,1-4H3. The molecule has 5 nitrogen and oxygen atoms in total. The van der Waals surface area contributed by atoms with Gasteiger partial charge in [0, 0.05) is 10.6 Å². The molecule has 168 valence electrons. The first-order valence-corrected chi connectivity index (χ1v) is 10.8. The number of hydrogen-bond acceptors (Lipinski definition) is 5. The summed E-state index contributed by atoms with van der Waals surface area (Å²) in [6, 6.07) is 18.8. The molecule has 0 N–H and O–H groups in total. The summed E-state index contributed by atoms with van der Waals surface area (Å²) in [4.78, 5) is 26.2. The second-order valence-electron chi connectivity index (χ2n) is 8.68. The Bertz CT molecular complexity index is 1380. The molecule has 33 heavy (non-hydrogen) atoms. The van der Waals surface area contributed by atoms with Gasteiger partial charge in [0.2, 0.25) is 11.2 Å². The van der Waals surface area contributed by atoms with Crippen LogP contribution >= 0.6 is 11.6 Å². The van der Waals surface area contributed by atoms with Crippen molar-refractivity contribution in [3.8, 4) is 22.8 Å². The fraction of sp³-hybridized carbons (Fsp3) is 0.185. The van der Waals surface area contributed by atoms with E-state index in [2.05, 4.69) is 20.8 Å². The summed E-state index contributed by atoms with van der Waals surface area (Å²) >= 11 is 6.09. The Morgan fingerprint density at radius 3 is 2.21 bits per heavy atom. The van der Waals surface area contributed by atoms with E-state index in [0.29, 0.717) is 21.9 Å². The van der Waals surface area contributed by atoms with Crippen molar-refractivity contribution in [2.45, 2.75) is 26.2 Å². The van der Waals surface area contributed by atoms with Crippen LogP contribution in [-0.2, 0) is 5.41 Å². The summed E-state index contributed by atoms with van der Waals surface area (Å²) in [5.74, 6) is -0.0869. The minimum atomic E-state index is -0.682. The van der Waals surface area contributed by atoms with E-state index in [4.69, 9.17) is 25.5 Å². The quantitative estimate of drug-likeness (QED) is 0.318. The zero-order valence-electron chi connectivity index (χ0n) is 18.8. The zero-order valence-corrected chi connectivity index (χ0v) is 19.5. The molecule has 0 amide bonds. The van der Waals surface area contributed by atoms with Gasteiger partial charge in [-0.25, -0.2) is 4.79 Å². The molecule has 0 aliphatic carbocycles. The fourth-order valence-electron chi connectivity index (χ4n) is 3.43. The Balaban J connectivity index is 1.84. The first kappa shape index (κ1) is 22.6. The molecule has 3 aromatic carbocycles. The van der Waals surface area contributed by atoms with Gasteiger partial charge in [-0.3, -0.25) is 4.79 Å². The maximum absolute atomic E-state index is 13.4. The smallest absolute Gasteiger partial charge is 0.343 e. The molecule has 4 aromatic rings. The highest BCUT2D eigenvalue weighted by Gasteiger charge is 2.22. The molecular formula is C27H23ClO5. The predicted molar refractivity (Wildman–Crippen MR) is 130 cm³/mol.